The molecule has 2 aliphatic rings. The van der Waals surface area contributed by atoms with Gasteiger partial charge in [-0.05, 0) is 57.4 Å². The Balaban J connectivity index is 1.61. The highest BCUT2D eigenvalue weighted by atomic mass is 15.3. The summed E-state index contributed by atoms with van der Waals surface area (Å²) >= 11 is 0. The largest absolute Gasteiger partial charge is 0.310 e. The van der Waals surface area contributed by atoms with Crippen molar-refractivity contribution in [3.8, 4) is 0 Å². The van der Waals surface area contributed by atoms with Crippen LogP contribution in [0.4, 0.5) is 0 Å². The number of aromatic nitrogens is 2. The van der Waals surface area contributed by atoms with E-state index in [0.29, 0.717) is 6.04 Å². The van der Waals surface area contributed by atoms with Gasteiger partial charge < -0.3 is 5.32 Å². The maximum atomic E-state index is 4.43. The summed E-state index contributed by atoms with van der Waals surface area (Å²) in [5.41, 5.74) is 4.44. The minimum atomic E-state index is 0.522. The van der Waals surface area contributed by atoms with E-state index in [-0.39, 0.29) is 0 Å². The van der Waals surface area contributed by atoms with Gasteiger partial charge in [-0.25, -0.2) is 0 Å². The lowest BCUT2D eigenvalue weighted by Gasteiger charge is -2.29. The normalized spacial score (nSPS) is 29.9. The third-order valence-corrected chi connectivity index (χ3v) is 4.91. The predicted octanol–water partition coefficient (Wildman–Crippen LogP) is 3.38. The smallest absolute Gasteiger partial charge is 0.0540 e. The molecule has 20 heavy (non-hydrogen) atoms. The number of hydrogen-bond donors (Lipinski definition) is 1. The summed E-state index contributed by atoms with van der Waals surface area (Å²) in [6.45, 7) is 5.77. The van der Waals surface area contributed by atoms with Crippen LogP contribution in [0.5, 0.6) is 0 Å². The van der Waals surface area contributed by atoms with Crippen LogP contribution >= 0.6 is 0 Å². The van der Waals surface area contributed by atoms with E-state index in [0.717, 1.165) is 18.4 Å². The molecule has 3 rings (SSSR count). The zero-order valence-corrected chi connectivity index (χ0v) is 13.0. The van der Waals surface area contributed by atoms with Crippen molar-refractivity contribution in [1.29, 1.82) is 0 Å². The number of hydrogen-bond acceptors (Lipinski definition) is 2. The summed E-state index contributed by atoms with van der Waals surface area (Å²) in [6, 6.07) is 0.522. The average Bonchev–Trinajstić information content (AvgIpc) is 2.78. The fourth-order valence-electron chi connectivity index (χ4n) is 4.07. The van der Waals surface area contributed by atoms with Crippen LogP contribution in [0.25, 0.3) is 0 Å². The molecule has 0 saturated carbocycles. The molecule has 0 saturated heterocycles. The second-order valence-corrected chi connectivity index (χ2v) is 6.82. The van der Waals surface area contributed by atoms with E-state index in [2.05, 4.69) is 48.3 Å². The minimum absolute atomic E-state index is 0.522. The molecule has 1 heterocycles. The summed E-state index contributed by atoms with van der Waals surface area (Å²) < 4.78 is 2.05. The van der Waals surface area contributed by atoms with Crippen LogP contribution in [0.1, 0.15) is 56.8 Å². The third-order valence-electron chi connectivity index (χ3n) is 4.91. The van der Waals surface area contributed by atoms with Gasteiger partial charge in [-0.3, -0.25) is 4.68 Å². The summed E-state index contributed by atoms with van der Waals surface area (Å²) in [7, 11) is 2.07. The Kier molecular flexibility index (Phi) is 3.97. The van der Waals surface area contributed by atoms with Crippen LogP contribution in [0.15, 0.2) is 17.8 Å². The molecule has 0 fully saturated rings. The molecular weight excluding hydrogens is 246 g/mol. The molecule has 1 N–H and O–H groups in total. The fourth-order valence-corrected chi connectivity index (χ4v) is 4.07. The van der Waals surface area contributed by atoms with Gasteiger partial charge in [0.2, 0.25) is 0 Å². The highest BCUT2D eigenvalue weighted by molar-refractivity contribution is 5.24. The minimum Gasteiger partial charge on any atom is -0.310 e. The lowest BCUT2D eigenvalue weighted by molar-refractivity contribution is 0.347. The summed E-state index contributed by atoms with van der Waals surface area (Å²) in [5.74, 6) is 1.55. The Morgan fingerprint density at radius 1 is 1.45 bits per heavy atom. The van der Waals surface area contributed by atoms with Gasteiger partial charge in [-0.15, -0.1) is 0 Å². The summed E-state index contributed by atoms with van der Waals surface area (Å²) in [6.07, 6.45) is 10.8. The topological polar surface area (TPSA) is 29.9 Å². The fraction of sp³-hybridized carbons (Fsp3) is 0.706. The zero-order valence-electron chi connectivity index (χ0n) is 13.0. The summed E-state index contributed by atoms with van der Waals surface area (Å²) in [4.78, 5) is 0. The van der Waals surface area contributed by atoms with Crippen molar-refractivity contribution in [2.75, 3.05) is 6.54 Å². The second kappa shape index (κ2) is 5.72. The molecule has 110 valence electrons. The van der Waals surface area contributed by atoms with E-state index in [1.165, 1.54) is 43.4 Å². The Hall–Kier alpha value is -1.09. The van der Waals surface area contributed by atoms with Crippen LogP contribution in [-0.2, 0) is 13.5 Å². The lowest BCUT2D eigenvalue weighted by atomic mass is 9.83. The molecule has 1 aromatic rings. The molecule has 0 aromatic carbocycles. The Morgan fingerprint density at radius 2 is 2.30 bits per heavy atom. The molecule has 0 bridgehead atoms. The molecule has 3 atom stereocenters. The first-order chi connectivity index (χ1) is 9.63. The first kappa shape index (κ1) is 13.9. The lowest BCUT2D eigenvalue weighted by Crippen LogP contribution is -2.31. The van der Waals surface area contributed by atoms with Crippen LogP contribution in [-0.4, -0.2) is 16.3 Å². The quantitative estimate of drug-likeness (QED) is 0.856. The van der Waals surface area contributed by atoms with Crippen LogP contribution in [0, 0.1) is 11.8 Å². The standard InChI is InChI=1S/C17H27N3/c1-12-7-13(2)9-14(8-12)10-18-16-5-4-6-17-15(16)11-19-20(17)3/h7,11-12,14,16,18H,4-6,8-10H2,1-3H3. The van der Waals surface area contributed by atoms with Gasteiger partial charge in [0, 0.05) is 24.3 Å². The van der Waals surface area contributed by atoms with E-state index in [4.69, 9.17) is 0 Å². The zero-order chi connectivity index (χ0) is 14.1. The first-order valence-corrected chi connectivity index (χ1v) is 8.05. The molecule has 2 aliphatic carbocycles. The van der Waals surface area contributed by atoms with Crippen molar-refractivity contribution in [3.63, 3.8) is 0 Å². The van der Waals surface area contributed by atoms with E-state index >= 15 is 0 Å². The van der Waals surface area contributed by atoms with Crippen molar-refractivity contribution in [3.05, 3.63) is 29.1 Å². The molecule has 3 heteroatoms. The second-order valence-electron chi connectivity index (χ2n) is 6.82. The van der Waals surface area contributed by atoms with Gasteiger partial charge in [-0.2, -0.15) is 5.10 Å². The van der Waals surface area contributed by atoms with Crippen molar-refractivity contribution in [1.82, 2.24) is 15.1 Å². The van der Waals surface area contributed by atoms with Gasteiger partial charge >= 0.3 is 0 Å². The van der Waals surface area contributed by atoms with E-state index in [9.17, 15) is 0 Å². The molecule has 0 aliphatic heterocycles. The predicted molar refractivity (Wildman–Crippen MR) is 82.5 cm³/mol. The van der Waals surface area contributed by atoms with Gasteiger partial charge in [0.05, 0.1) is 6.20 Å². The van der Waals surface area contributed by atoms with Gasteiger partial charge in [0.1, 0.15) is 0 Å². The highest BCUT2D eigenvalue weighted by Crippen LogP contribution is 2.31. The number of rotatable bonds is 3. The summed E-state index contributed by atoms with van der Waals surface area (Å²) in [5, 5.41) is 8.26. The molecule has 3 unspecified atom stereocenters. The van der Waals surface area contributed by atoms with Crippen molar-refractivity contribution < 1.29 is 0 Å². The van der Waals surface area contributed by atoms with E-state index < -0.39 is 0 Å². The number of nitrogens with one attached hydrogen (secondary N) is 1. The van der Waals surface area contributed by atoms with Gasteiger partial charge in [0.25, 0.3) is 0 Å². The highest BCUT2D eigenvalue weighted by Gasteiger charge is 2.25. The molecular formula is C17H27N3. The third kappa shape index (κ3) is 2.83. The van der Waals surface area contributed by atoms with Crippen molar-refractivity contribution in [2.45, 2.75) is 52.0 Å². The van der Waals surface area contributed by atoms with Crippen LogP contribution in [0.3, 0.4) is 0 Å². The van der Waals surface area contributed by atoms with Gasteiger partial charge in [0.15, 0.2) is 0 Å². The Labute approximate surface area is 122 Å². The molecule has 0 spiro atoms. The SMILES string of the molecule is CC1=CC(C)CC(CNC2CCCc3c2cnn3C)C1. The van der Waals surface area contributed by atoms with Crippen LogP contribution in [0.2, 0.25) is 0 Å². The van der Waals surface area contributed by atoms with Crippen molar-refractivity contribution in [2.24, 2.45) is 18.9 Å². The number of aryl methyl sites for hydroxylation is 1. The molecule has 0 radical (unpaired) electrons. The molecule has 3 nitrogen and oxygen atoms in total. The monoisotopic (exact) mass is 273 g/mol. The van der Waals surface area contributed by atoms with Crippen molar-refractivity contribution >= 4 is 0 Å². The molecule has 1 aromatic heterocycles. The number of fused-ring (bicyclic) bond motifs is 1. The molecule has 0 amide bonds. The van der Waals surface area contributed by atoms with E-state index in [1.807, 2.05) is 0 Å². The average molecular weight is 273 g/mol. The maximum absolute atomic E-state index is 4.43. The van der Waals surface area contributed by atoms with Crippen LogP contribution < -0.4 is 5.32 Å². The maximum Gasteiger partial charge on any atom is 0.0540 e. The number of allylic oxidation sites excluding steroid dienone is 2. The number of nitrogens with zero attached hydrogens (tertiary/aromatic N) is 2. The van der Waals surface area contributed by atoms with E-state index in [1.54, 1.807) is 5.57 Å². The van der Waals surface area contributed by atoms with Gasteiger partial charge in [-0.1, -0.05) is 18.6 Å². The first-order valence-electron chi connectivity index (χ1n) is 8.05. The Morgan fingerprint density at radius 3 is 3.10 bits per heavy atom. The Bertz CT molecular complexity index is 500.